The van der Waals surface area contributed by atoms with Gasteiger partial charge in [-0.05, 0) is 49.2 Å². The van der Waals surface area contributed by atoms with Crippen molar-refractivity contribution in [3.8, 4) is 17.2 Å². The zero-order valence-corrected chi connectivity index (χ0v) is 14.9. The van der Waals surface area contributed by atoms with Gasteiger partial charge in [0.15, 0.2) is 18.1 Å². The van der Waals surface area contributed by atoms with Gasteiger partial charge in [0.05, 0.1) is 13.3 Å². The molecule has 2 aromatic rings. The fourth-order valence-corrected chi connectivity index (χ4v) is 2.26. The molecule has 0 bridgehead atoms. The maximum absolute atomic E-state index is 11.8. The number of aryl methyl sites for hydroxylation is 2. The molecule has 2 rings (SSSR count). The molecule has 0 saturated heterocycles. The van der Waals surface area contributed by atoms with E-state index in [1.165, 1.54) is 13.3 Å². The van der Waals surface area contributed by atoms with Gasteiger partial charge in [0.2, 0.25) is 0 Å². The number of ether oxygens (including phenoxy) is 2. The van der Waals surface area contributed by atoms with Crippen LogP contribution in [0.5, 0.6) is 17.2 Å². The van der Waals surface area contributed by atoms with E-state index in [2.05, 4.69) is 10.5 Å². The van der Waals surface area contributed by atoms with E-state index in [1.54, 1.807) is 30.3 Å². The minimum Gasteiger partial charge on any atom is -0.504 e. The predicted octanol–water partition coefficient (Wildman–Crippen LogP) is 3.20. The maximum atomic E-state index is 11.8. The number of benzene rings is 2. The van der Waals surface area contributed by atoms with Gasteiger partial charge in [0, 0.05) is 10.6 Å². The van der Waals surface area contributed by atoms with Crippen LogP contribution in [0, 0.1) is 13.8 Å². The Hall–Kier alpha value is -2.73. The van der Waals surface area contributed by atoms with Gasteiger partial charge < -0.3 is 14.6 Å². The number of methoxy groups -OCH3 is 1. The number of nitrogens with one attached hydrogen (secondary N) is 1. The summed E-state index contributed by atoms with van der Waals surface area (Å²) in [6, 6.07) is 8.49. The molecule has 0 aliphatic heterocycles. The highest BCUT2D eigenvalue weighted by atomic mass is 35.5. The first-order valence-electron chi connectivity index (χ1n) is 7.49. The summed E-state index contributed by atoms with van der Waals surface area (Å²) in [4.78, 5) is 11.8. The number of phenols is 1. The molecule has 132 valence electrons. The van der Waals surface area contributed by atoms with E-state index in [1.807, 2.05) is 13.8 Å². The van der Waals surface area contributed by atoms with Crippen molar-refractivity contribution in [3.05, 3.63) is 52.0 Å². The second-order valence-corrected chi connectivity index (χ2v) is 5.73. The average Bonchev–Trinajstić information content (AvgIpc) is 2.59. The third kappa shape index (κ3) is 4.87. The number of hydrogen-bond acceptors (Lipinski definition) is 5. The Morgan fingerprint density at radius 1 is 1.32 bits per heavy atom. The number of aromatic hydroxyl groups is 1. The lowest BCUT2D eigenvalue weighted by atomic mass is 10.1. The normalized spacial score (nSPS) is 10.7. The molecule has 0 aliphatic carbocycles. The summed E-state index contributed by atoms with van der Waals surface area (Å²) in [5.74, 6) is 0.409. The summed E-state index contributed by atoms with van der Waals surface area (Å²) in [7, 11) is 1.45. The summed E-state index contributed by atoms with van der Waals surface area (Å²) in [6.45, 7) is 3.54. The number of phenolic OH excluding ortho intramolecular Hbond substituents is 1. The van der Waals surface area contributed by atoms with E-state index in [4.69, 9.17) is 21.1 Å². The highest BCUT2D eigenvalue weighted by molar-refractivity contribution is 6.32. The lowest BCUT2D eigenvalue weighted by molar-refractivity contribution is -0.123. The molecule has 0 radical (unpaired) electrons. The van der Waals surface area contributed by atoms with Gasteiger partial charge in [-0.1, -0.05) is 17.7 Å². The summed E-state index contributed by atoms with van der Waals surface area (Å²) < 4.78 is 10.4. The predicted molar refractivity (Wildman–Crippen MR) is 96.8 cm³/mol. The molecule has 2 aromatic carbocycles. The van der Waals surface area contributed by atoms with E-state index >= 15 is 0 Å². The fraction of sp³-hybridized carbons (Fsp3) is 0.222. The SMILES string of the molecule is COc1cccc(/C=N/NC(=O)COc2cc(C)c(Cl)c(C)c2)c1O. The second-order valence-electron chi connectivity index (χ2n) is 5.35. The highest BCUT2D eigenvalue weighted by Crippen LogP contribution is 2.28. The number of hydrogen-bond donors (Lipinski definition) is 2. The fourth-order valence-electron chi connectivity index (χ4n) is 2.15. The molecule has 1 amide bonds. The van der Waals surface area contributed by atoms with Crippen LogP contribution < -0.4 is 14.9 Å². The Kier molecular flexibility index (Phi) is 6.25. The van der Waals surface area contributed by atoms with E-state index in [0.29, 0.717) is 22.1 Å². The topological polar surface area (TPSA) is 80.2 Å². The average molecular weight is 363 g/mol. The first-order chi connectivity index (χ1) is 11.9. The highest BCUT2D eigenvalue weighted by Gasteiger charge is 2.07. The van der Waals surface area contributed by atoms with Crippen molar-refractivity contribution in [2.45, 2.75) is 13.8 Å². The molecular formula is C18H19ClN2O4. The van der Waals surface area contributed by atoms with Gasteiger partial charge in [0.1, 0.15) is 5.75 Å². The quantitative estimate of drug-likeness (QED) is 0.611. The van der Waals surface area contributed by atoms with Crippen LogP contribution in [0.3, 0.4) is 0 Å². The standard InChI is InChI=1S/C18H19ClN2O4/c1-11-7-14(8-12(2)17(11)19)25-10-16(22)21-20-9-13-5-4-6-15(24-3)18(13)23/h4-9,23H,10H2,1-3H3,(H,21,22)/b20-9+. The zero-order valence-electron chi connectivity index (χ0n) is 14.2. The molecule has 0 spiro atoms. The van der Waals surface area contributed by atoms with Crippen LogP contribution in [0.25, 0.3) is 0 Å². The van der Waals surface area contributed by atoms with Gasteiger partial charge in [-0.15, -0.1) is 0 Å². The van der Waals surface area contributed by atoms with Crippen LogP contribution >= 0.6 is 11.6 Å². The number of nitrogens with zero attached hydrogens (tertiary/aromatic N) is 1. The Morgan fingerprint density at radius 2 is 2.00 bits per heavy atom. The number of amides is 1. The van der Waals surface area contributed by atoms with Crippen molar-refractivity contribution >= 4 is 23.7 Å². The number of carbonyl (C=O) groups excluding carboxylic acids is 1. The summed E-state index contributed by atoms with van der Waals surface area (Å²) >= 11 is 6.09. The molecule has 0 heterocycles. The zero-order chi connectivity index (χ0) is 18.4. The molecule has 0 atom stereocenters. The van der Waals surface area contributed by atoms with Crippen LogP contribution in [0.4, 0.5) is 0 Å². The van der Waals surface area contributed by atoms with Crippen molar-refractivity contribution < 1.29 is 19.4 Å². The molecule has 0 aromatic heterocycles. The third-order valence-electron chi connectivity index (χ3n) is 3.42. The van der Waals surface area contributed by atoms with Gasteiger partial charge in [0.25, 0.3) is 5.91 Å². The van der Waals surface area contributed by atoms with Crippen molar-refractivity contribution in [2.75, 3.05) is 13.7 Å². The first-order valence-corrected chi connectivity index (χ1v) is 7.87. The summed E-state index contributed by atoms with van der Waals surface area (Å²) in [5, 5.41) is 14.4. The van der Waals surface area contributed by atoms with Crippen LogP contribution in [0.1, 0.15) is 16.7 Å². The van der Waals surface area contributed by atoms with Gasteiger partial charge in [-0.25, -0.2) is 5.43 Å². The number of para-hydroxylation sites is 1. The Morgan fingerprint density at radius 3 is 2.64 bits per heavy atom. The number of rotatable bonds is 6. The van der Waals surface area contributed by atoms with Gasteiger partial charge >= 0.3 is 0 Å². The minimum absolute atomic E-state index is 0.0497. The molecule has 0 unspecified atom stereocenters. The monoisotopic (exact) mass is 362 g/mol. The Bertz CT molecular complexity index is 783. The first kappa shape index (κ1) is 18.6. The Balaban J connectivity index is 1.91. The number of hydrazone groups is 1. The molecule has 25 heavy (non-hydrogen) atoms. The number of carbonyl (C=O) groups is 1. The smallest absolute Gasteiger partial charge is 0.277 e. The molecule has 6 nitrogen and oxygen atoms in total. The van der Waals surface area contributed by atoms with Gasteiger partial charge in [-0.3, -0.25) is 4.79 Å². The van der Waals surface area contributed by atoms with E-state index in [9.17, 15) is 9.90 Å². The summed E-state index contributed by atoms with van der Waals surface area (Å²) in [5.41, 5.74) is 4.51. The van der Waals surface area contributed by atoms with Crippen LogP contribution in [-0.4, -0.2) is 30.9 Å². The summed E-state index contributed by atoms with van der Waals surface area (Å²) in [6.07, 6.45) is 1.33. The van der Waals surface area contributed by atoms with E-state index in [0.717, 1.165) is 11.1 Å². The number of halogens is 1. The molecular weight excluding hydrogens is 344 g/mol. The van der Waals surface area contributed by atoms with Crippen molar-refractivity contribution in [2.24, 2.45) is 5.10 Å². The molecule has 0 aliphatic rings. The van der Waals surface area contributed by atoms with Crippen LogP contribution in [-0.2, 0) is 4.79 Å². The van der Waals surface area contributed by atoms with E-state index in [-0.39, 0.29) is 12.4 Å². The second kappa shape index (κ2) is 8.39. The van der Waals surface area contributed by atoms with Crippen LogP contribution in [0.2, 0.25) is 5.02 Å². The van der Waals surface area contributed by atoms with Crippen LogP contribution in [0.15, 0.2) is 35.4 Å². The lowest BCUT2D eigenvalue weighted by Gasteiger charge is -2.09. The van der Waals surface area contributed by atoms with Crippen molar-refractivity contribution in [1.29, 1.82) is 0 Å². The van der Waals surface area contributed by atoms with Crippen molar-refractivity contribution in [3.63, 3.8) is 0 Å². The molecule has 0 saturated carbocycles. The van der Waals surface area contributed by atoms with Crippen molar-refractivity contribution in [1.82, 2.24) is 5.43 Å². The largest absolute Gasteiger partial charge is 0.504 e. The molecule has 2 N–H and O–H groups in total. The lowest BCUT2D eigenvalue weighted by Crippen LogP contribution is -2.24. The maximum Gasteiger partial charge on any atom is 0.277 e. The minimum atomic E-state index is -0.427. The molecule has 7 heteroatoms. The van der Waals surface area contributed by atoms with Gasteiger partial charge in [-0.2, -0.15) is 5.10 Å². The third-order valence-corrected chi connectivity index (χ3v) is 4.02. The Labute approximate surface area is 151 Å². The van der Waals surface area contributed by atoms with E-state index < -0.39 is 5.91 Å². The molecule has 0 fully saturated rings.